The van der Waals surface area contributed by atoms with Gasteiger partial charge in [-0.25, -0.2) is 0 Å². The van der Waals surface area contributed by atoms with E-state index in [0.29, 0.717) is 12.6 Å². The molecule has 1 amide bonds. The molecule has 1 aromatic heterocycles. The Morgan fingerprint density at radius 1 is 1.25 bits per heavy atom. The molecule has 0 spiro atoms. The summed E-state index contributed by atoms with van der Waals surface area (Å²) < 4.78 is 0. The van der Waals surface area contributed by atoms with Crippen LogP contribution in [0.4, 0.5) is 0 Å². The van der Waals surface area contributed by atoms with Gasteiger partial charge in [-0.2, -0.15) is 0 Å². The van der Waals surface area contributed by atoms with E-state index < -0.39 is 0 Å². The number of carbonyl (C=O) groups excluding carboxylic acids is 1. The number of nitrogens with zero attached hydrogens (tertiary/aromatic N) is 3. The maximum Gasteiger partial charge on any atom is 0.224 e. The Morgan fingerprint density at radius 2 is 2.07 bits per heavy atom. The van der Waals surface area contributed by atoms with E-state index in [4.69, 9.17) is 0 Å². The van der Waals surface area contributed by atoms with Gasteiger partial charge in [0.15, 0.2) is 0 Å². The van der Waals surface area contributed by atoms with Gasteiger partial charge in [-0.15, -0.1) is 0 Å². The Labute approximate surface area is 170 Å². The van der Waals surface area contributed by atoms with Crippen LogP contribution in [-0.4, -0.2) is 59.5 Å². The lowest BCUT2D eigenvalue weighted by molar-refractivity contribution is -0.127. The molecule has 3 rings (SSSR count). The standard InChI is InChI=1S/C23H36N4O/c1-19(2)6-4-12-26-14-9-22(10-15-26)27-13-5-8-21(18-27)23(28)25-17-20-7-3-11-24-16-20/h3,6-7,11,16,21-22H,4-5,8-10,12-15,17-18H2,1-2H3,(H,25,28)/t21-/m1/s1. The normalized spacial score (nSPS) is 22.0. The summed E-state index contributed by atoms with van der Waals surface area (Å²) in [5.74, 6) is 0.328. The number of nitrogens with one attached hydrogen (secondary N) is 1. The molecular formula is C23H36N4O. The number of likely N-dealkylation sites (tertiary alicyclic amines) is 2. The summed E-state index contributed by atoms with van der Waals surface area (Å²) in [6.45, 7) is 10.5. The fourth-order valence-corrected chi connectivity index (χ4v) is 4.43. The second-order valence-corrected chi connectivity index (χ2v) is 8.56. The molecule has 5 heteroatoms. The van der Waals surface area contributed by atoms with Crippen LogP contribution in [0.5, 0.6) is 0 Å². The van der Waals surface area contributed by atoms with Crippen LogP contribution in [-0.2, 0) is 11.3 Å². The van der Waals surface area contributed by atoms with Crippen LogP contribution in [0.15, 0.2) is 36.2 Å². The van der Waals surface area contributed by atoms with Crippen molar-refractivity contribution in [3.63, 3.8) is 0 Å². The third-order valence-electron chi connectivity index (χ3n) is 6.08. The van der Waals surface area contributed by atoms with E-state index in [9.17, 15) is 4.79 Å². The van der Waals surface area contributed by atoms with Crippen molar-refractivity contribution in [3.05, 3.63) is 41.7 Å². The summed E-state index contributed by atoms with van der Waals surface area (Å²) in [4.78, 5) is 22.0. The minimum absolute atomic E-state index is 0.126. The van der Waals surface area contributed by atoms with Crippen LogP contribution < -0.4 is 5.32 Å². The molecule has 1 aromatic rings. The van der Waals surface area contributed by atoms with Crippen LogP contribution in [0, 0.1) is 5.92 Å². The average molecular weight is 385 g/mol. The first-order chi connectivity index (χ1) is 13.6. The predicted octanol–water partition coefficient (Wildman–Crippen LogP) is 3.23. The van der Waals surface area contributed by atoms with Gasteiger partial charge in [-0.1, -0.05) is 17.7 Å². The molecule has 28 heavy (non-hydrogen) atoms. The van der Waals surface area contributed by atoms with Crippen molar-refractivity contribution >= 4 is 5.91 Å². The number of piperidine rings is 2. The fraction of sp³-hybridized carbons (Fsp3) is 0.652. The highest BCUT2D eigenvalue weighted by Gasteiger charge is 2.31. The molecule has 0 radical (unpaired) electrons. The fourth-order valence-electron chi connectivity index (χ4n) is 4.43. The number of aromatic nitrogens is 1. The second kappa shape index (κ2) is 10.7. The third-order valence-corrected chi connectivity index (χ3v) is 6.08. The van der Waals surface area contributed by atoms with E-state index in [2.05, 4.69) is 40.0 Å². The highest BCUT2D eigenvalue weighted by Crippen LogP contribution is 2.24. The summed E-state index contributed by atoms with van der Waals surface area (Å²) in [7, 11) is 0. The molecule has 0 bridgehead atoms. The van der Waals surface area contributed by atoms with Crippen LogP contribution in [0.25, 0.3) is 0 Å². The maximum absolute atomic E-state index is 12.7. The molecule has 0 unspecified atom stereocenters. The van der Waals surface area contributed by atoms with Crippen molar-refractivity contribution in [3.8, 4) is 0 Å². The molecule has 1 atom stereocenters. The first-order valence-corrected chi connectivity index (χ1v) is 10.9. The molecule has 0 saturated carbocycles. The van der Waals surface area contributed by atoms with Crippen LogP contribution in [0.3, 0.4) is 0 Å². The Kier molecular flexibility index (Phi) is 8.04. The Bertz CT molecular complexity index is 633. The quantitative estimate of drug-likeness (QED) is 0.733. The molecule has 154 valence electrons. The number of hydrogen-bond acceptors (Lipinski definition) is 4. The third kappa shape index (κ3) is 6.42. The minimum Gasteiger partial charge on any atom is -0.352 e. The number of allylic oxidation sites excluding steroid dienone is 1. The highest BCUT2D eigenvalue weighted by molar-refractivity contribution is 5.78. The molecule has 3 heterocycles. The Morgan fingerprint density at radius 3 is 2.79 bits per heavy atom. The van der Waals surface area contributed by atoms with Gasteiger partial charge < -0.3 is 10.2 Å². The first kappa shape index (κ1) is 21.0. The summed E-state index contributed by atoms with van der Waals surface area (Å²) in [5.41, 5.74) is 2.47. The zero-order valence-electron chi connectivity index (χ0n) is 17.6. The smallest absolute Gasteiger partial charge is 0.224 e. The minimum atomic E-state index is 0.126. The van der Waals surface area contributed by atoms with Gasteiger partial charge in [-0.05, 0) is 77.2 Å². The van der Waals surface area contributed by atoms with Crippen molar-refractivity contribution in [2.75, 3.05) is 32.7 Å². The van der Waals surface area contributed by atoms with Gasteiger partial charge in [0.1, 0.15) is 0 Å². The SMILES string of the molecule is CC(C)=CCCN1CCC(N2CCC[C@@H](C(=O)NCc3cccnc3)C2)CC1. The van der Waals surface area contributed by atoms with Gasteiger partial charge >= 0.3 is 0 Å². The highest BCUT2D eigenvalue weighted by atomic mass is 16.1. The average Bonchev–Trinajstić information content (AvgIpc) is 2.73. The van der Waals surface area contributed by atoms with E-state index in [1.807, 2.05) is 18.3 Å². The number of hydrogen-bond donors (Lipinski definition) is 1. The lowest BCUT2D eigenvalue weighted by Gasteiger charge is -2.42. The molecule has 5 nitrogen and oxygen atoms in total. The zero-order valence-corrected chi connectivity index (χ0v) is 17.6. The number of rotatable bonds is 7. The van der Waals surface area contributed by atoms with Gasteiger partial charge in [0.05, 0.1) is 5.92 Å². The van der Waals surface area contributed by atoms with Crippen LogP contribution >= 0.6 is 0 Å². The molecule has 1 N–H and O–H groups in total. The monoisotopic (exact) mass is 384 g/mol. The number of amides is 1. The molecular weight excluding hydrogens is 348 g/mol. The van der Waals surface area contributed by atoms with E-state index in [1.165, 1.54) is 38.0 Å². The van der Waals surface area contributed by atoms with E-state index in [0.717, 1.165) is 37.9 Å². The summed E-state index contributed by atoms with van der Waals surface area (Å²) in [6.07, 6.45) is 11.7. The summed E-state index contributed by atoms with van der Waals surface area (Å²) >= 11 is 0. The molecule has 2 aliphatic heterocycles. The van der Waals surface area contributed by atoms with Crippen LogP contribution in [0.2, 0.25) is 0 Å². The molecule has 0 aliphatic carbocycles. The van der Waals surface area contributed by atoms with E-state index in [1.54, 1.807) is 6.20 Å². The Hall–Kier alpha value is -1.72. The van der Waals surface area contributed by atoms with E-state index >= 15 is 0 Å². The molecule has 2 aliphatic rings. The van der Waals surface area contributed by atoms with Crippen molar-refractivity contribution < 1.29 is 4.79 Å². The molecule has 2 saturated heterocycles. The lowest BCUT2D eigenvalue weighted by atomic mass is 9.93. The lowest BCUT2D eigenvalue weighted by Crippen LogP contribution is -2.50. The predicted molar refractivity (Wildman–Crippen MR) is 114 cm³/mol. The summed E-state index contributed by atoms with van der Waals surface area (Å²) in [6, 6.07) is 4.57. The largest absolute Gasteiger partial charge is 0.352 e. The number of pyridine rings is 1. The zero-order chi connectivity index (χ0) is 19.8. The van der Waals surface area contributed by atoms with Crippen molar-refractivity contribution in [2.45, 2.75) is 58.5 Å². The van der Waals surface area contributed by atoms with Gasteiger partial charge in [0.25, 0.3) is 0 Å². The topological polar surface area (TPSA) is 48.5 Å². The van der Waals surface area contributed by atoms with Crippen molar-refractivity contribution in [1.82, 2.24) is 20.1 Å². The van der Waals surface area contributed by atoms with Gasteiger partial charge in [0.2, 0.25) is 5.91 Å². The van der Waals surface area contributed by atoms with Crippen molar-refractivity contribution in [2.24, 2.45) is 5.92 Å². The van der Waals surface area contributed by atoms with Crippen molar-refractivity contribution in [1.29, 1.82) is 0 Å². The second-order valence-electron chi connectivity index (χ2n) is 8.56. The summed E-state index contributed by atoms with van der Waals surface area (Å²) in [5, 5.41) is 3.11. The number of carbonyl (C=O) groups is 1. The molecule has 0 aromatic carbocycles. The first-order valence-electron chi connectivity index (χ1n) is 10.9. The van der Waals surface area contributed by atoms with Gasteiger partial charge in [-0.3, -0.25) is 14.7 Å². The van der Waals surface area contributed by atoms with E-state index in [-0.39, 0.29) is 11.8 Å². The van der Waals surface area contributed by atoms with Gasteiger partial charge in [0, 0.05) is 38.1 Å². The maximum atomic E-state index is 12.7. The van der Waals surface area contributed by atoms with Crippen LogP contribution in [0.1, 0.15) is 51.5 Å². The Balaban J connectivity index is 1.41. The molecule has 2 fully saturated rings.